The SMILES string of the molecule is O=C(O)[C@@H](NS(=O)(=O)c1ccccc1)C1(CS)CCNCC1. The lowest BCUT2D eigenvalue weighted by Crippen LogP contribution is -2.57. The molecular formula is C14H20N2O4S2. The van der Waals surface area contributed by atoms with Gasteiger partial charge < -0.3 is 10.4 Å². The summed E-state index contributed by atoms with van der Waals surface area (Å²) in [6.45, 7) is 1.30. The fourth-order valence-electron chi connectivity index (χ4n) is 2.72. The van der Waals surface area contributed by atoms with Crippen molar-refractivity contribution in [2.75, 3.05) is 18.8 Å². The molecule has 0 aromatic heterocycles. The Hall–Kier alpha value is -1.09. The van der Waals surface area contributed by atoms with Crippen molar-refractivity contribution in [3.63, 3.8) is 0 Å². The lowest BCUT2D eigenvalue weighted by atomic mass is 9.74. The van der Waals surface area contributed by atoms with Gasteiger partial charge in [-0.2, -0.15) is 17.4 Å². The first-order valence-corrected chi connectivity index (χ1v) is 9.15. The van der Waals surface area contributed by atoms with Crippen LogP contribution in [0.5, 0.6) is 0 Å². The van der Waals surface area contributed by atoms with Gasteiger partial charge in [-0.25, -0.2) is 8.42 Å². The van der Waals surface area contributed by atoms with Crippen LogP contribution >= 0.6 is 12.6 Å². The summed E-state index contributed by atoms with van der Waals surface area (Å²) >= 11 is 4.29. The van der Waals surface area contributed by atoms with Crippen molar-refractivity contribution in [3.8, 4) is 0 Å². The standard InChI is InChI=1S/C14H20N2O4S2/c17-13(18)12(14(10-21)6-8-15-9-7-14)16-22(19,20)11-4-2-1-3-5-11/h1-5,12,15-16,21H,6-10H2,(H,17,18)/t12-/m1/s1. The van der Waals surface area contributed by atoms with Gasteiger partial charge in [-0.05, 0) is 43.8 Å². The molecule has 0 bridgehead atoms. The highest BCUT2D eigenvalue weighted by Gasteiger charge is 2.45. The molecule has 1 atom stereocenters. The summed E-state index contributed by atoms with van der Waals surface area (Å²) in [5, 5.41) is 12.7. The van der Waals surface area contributed by atoms with Gasteiger partial charge in [0.05, 0.1) is 4.90 Å². The minimum Gasteiger partial charge on any atom is -0.480 e. The van der Waals surface area contributed by atoms with Crippen molar-refractivity contribution < 1.29 is 18.3 Å². The zero-order valence-electron chi connectivity index (χ0n) is 12.0. The fraction of sp³-hybridized carbons (Fsp3) is 0.500. The molecule has 2 rings (SSSR count). The molecule has 0 saturated carbocycles. The minimum absolute atomic E-state index is 0.0597. The fourth-order valence-corrected chi connectivity index (χ4v) is 4.53. The maximum absolute atomic E-state index is 12.4. The van der Waals surface area contributed by atoms with Crippen LogP contribution in [0.2, 0.25) is 0 Å². The van der Waals surface area contributed by atoms with Gasteiger partial charge in [0.1, 0.15) is 6.04 Å². The molecule has 0 aliphatic carbocycles. The summed E-state index contributed by atoms with van der Waals surface area (Å²) < 4.78 is 27.2. The molecule has 1 aliphatic heterocycles. The van der Waals surface area contributed by atoms with Crippen LogP contribution in [0.3, 0.4) is 0 Å². The summed E-state index contributed by atoms with van der Waals surface area (Å²) in [7, 11) is -3.89. The minimum atomic E-state index is -3.89. The van der Waals surface area contributed by atoms with E-state index in [4.69, 9.17) is 0 Å². The molecule has 0 radical (unpaired) electrons. The Morgan fingerprint density at radius 1 is 1.32 bits per heavy atom. The summed E-state index contributed by atoms with van der Waals surface area (Å²) in [4.78, 5) is 11.8. The van der Waals surface area contributed by atoms with E-state index < -0.39 is 27.4 Å². The number of sulfonamides is 1. The molecule has 1 aliphatic rings. The Bertz CT molecular complexity index is 613. The van der Waals surface area contributed by atoms with Crippen molar-refractivity contribution in [1.82, 2.24) is 10.0 Å². The molecule has 0 unspecified atom stereocenters. The average Bonchev–Trinajstić information content (AvgIpc) is 2.54. The highest BCUT2D eigenvalue weighted by atomic mass is 32.2. The quantitative estimate of drug-likeness (QED) is 0.570. The van der Waals surface area contributed by atoms with Crippen molar-refractivity contribution in [2.45, 2.75) is 23.8 Å². The number of hydrogen-bond acceptors (Lipinski definition) is 5. The highest BCUT2D eigenvalue weighted by Crippen LogP contribution is 2.35. The zero-order chi connectivity index (χ0) is 16.2. The molecular weight excluding hydrogens is 324 g/mol. The third-order valence-corrected chi connectivity index (χ3v) is 6.17. The van der Waals surface area contributed by atoms with E-state index in [0.29, 0.717) is 31.7 Å². The van der Waals surface area contributed by atoms with E-state index in [2.05, 4.69) is 22.7 Å². The first-order chi connectivity index (χ1) is 10.4. The maximum Gasteiger partial charge on any atom is 0.322 e. The van der Waals surface area contributed by atoms with Gasteiger partial charge in [-0.1, -0.05) is 18.2 Å². The van der Waals surface area contributed by atoms with Crippen LogP contribution in [0, 0.1) is 5.41 Å². The van der Waals surface area contributed by atoms with E-state index >= 15 is 0 Å². The molecule has 0 spiro atoms. The smallest absolute Gasteiger partial charge is 0.322 e. The molecule has 8 heteroatoms. The average molecular weight is 344 g/mol. The number of aliphatic carboxylic acids is 1. The van der Waals surface area contributed by atoms with Crippen LogP contribution in [0.25, 0.3) is 0 Å². The molecule has 122 valence electrons. The molecule has 22 heavy (non-hydrogen) atoms. The molecule has 0 amide bonds. The highest BCUT2D eigenvalue weighted by molar-refractivity contribution is 7.89. The number of piperidine rings is 1. The van der Waals surface area contributed by atoms with Gasteiger partial charge in [-0.3, -0.25) is 4.79 Å². The maximum atomic E-state index is 12.4. The summed E-state index contributed by atoms with van der Waals surface area (Å²) in [5.41, 5.74) is -0.692. The van der Waals surface area contributed by atoms with Crippen LogP contribution in [0.4, 0.5) is 0 Å². The normalized spacial score (nSPS) is 19.5. The number of thiol groups is 1. The Morgan fingerprint density at radius 3 is 2.41 bits per heavy atom. The van der Waals surface area contributed by atoms with Crippen molar-refractivity contribution in [3.05, 3.63) is 30.3 Å². The molecule has 1 aromatic rings. The summed E-state index contributed by atoms with van der Waals surface area (Å²) in [6, 6.07) is 6.59. The van der Waals surface area contributed by atoms with Crippen molar-refractivity contribution in [1.29, 1.82) is 0 Å². The second-order valence-corrected chi connectivity index (χ2v) is 7.51. The summed E-state index contributed by atoms with van der Waals surface area (Å²) in [6.07, 6.45) is 1.12. The van der Waals surface area contributed by atoms with Gasteiger partial charge >= 0.3 is 5.97 Å². The van der Waals surface area contributed by atoms with Gasteiger partial charge in [0.2, 0.25) is 10.0 Å². The van der Waals surface area contributed by atoms with Crippen LogP contribution < -0.4 is 10.0 Å². The Labute approximate surface area is 135 Å². The topological polar surface area (TPSA) is 95.5 Å². The Kier molecular flexibility index (Phi) is 5.49. The van der Waals surface area contributed by atoms with Crippen molar-refractivity contribution >= 4 is 28.6 Å². The number of carbonyl (C=O) groups is 1. The lowest BCUT2D eigenvalue weighted by molar-refractivity contribution is -0.142. The monoisotopic (exact) mass is 344 g/mol. The van der Waals surface area contributed by atoms with Gasteiger partial charge in [-0.15, -0.1) is 0 Å². The number of carboxylic acids is 1. The van der Waals surface area contributed by atoms with E-state index in [1.165, 1.54) is 12.1 Å². The van der Waals surface area contributed by atoms with Gasteiger partial charge in [0.25, 0.3) is 0 Å². The van der Waals surface area contributed by atoms with Crippen LogP contribution in [-0.4, -0.2) is 44.4 Å². The van der Waals surface area contributed by atoms with E-state index in [1.54, 1.807) is 18.2 Å². The van der Waals surface area contributed by atoms with E-state index in [-0.39, 0.29) is 4.90 Å². The lowest BCUT2D eigenvalue weighted by Gasteiger charge is -2.40. The predicted octanol–water partition coefficient (Wildman–Crippen LogP) is 0.718. The van der Waals surface area contributed by atoms with E-state index in [1.807, 2.05) is 0 Å². The molecule has 6 nitrogen and oxygen atoms in total. The summed E-state index contributed by atoms with van der Waals surface area (Å²) in [5.74, 6) is -0.862. The number of benzene rings is 1. The van der Waals surface area contributed by atoms with Crippen LogP contribution in [0.15, 0.2) is 35.2 Å². The zero-order valence-corrected chi connectivity index (χ0v) is 13.7. The number of nitrogens with one attached hydrogen (secondary N) is 2. The third-order valence-electron chi connectivity index (χ3n) is 4.10. The number of rotatable bonds is 6. The van der Waals surface area contributed by atoms with Gasteiger partial charge in [0.15, 0.2) is 0 Å². The Morgan fingerprint density at radius 2 is 1.91 bits per heavy atom. The third kappa shape index (κ3) is 3.62. The molecule has 1 heterocycles. The number of carboxylic acid groups (broad SMARTS) is 1. The van der Waals surface area contributed by atoms with E-state index in [9.17, 15) is 18.3 Å². The predicted molar refractivity (Wildman–Crippen MR) is 86.6 cm³/mol. The first kappa shape index (κ1) is 17.3. The molecule has 1 aromatic carbocycles. The largest absolute Gasteiger partial charge is 0.480 e. The molecule has 1 fully saturated rings. The van der Waals surface area contributed by atoms with Crippen molar-refractivity contribution in [2.24, 2.45) is 5.41 Å². The molecule has 3 N–H and O–H groups in total. The van der Waals surface area contributed by atoms with Crippen LogP contribution in [-0.2, 0) is 14.8 Å². The van der Waals surface area contributed by atoms with E-state index in [0.717, 1.165) is 0 Å². The van der Waals surface area contributed by atoms with Gasteiger partial charge in [0, 0.05) is 5.41 Å². The number of hydrogen-bond donors (Lipinski definition) is 4. The Balaban J connectivity index is 2.31. The second kappa shape index (κ2) is 6.99. The first-order valence-electron chi connectivity index (χ1n) is 7.03. The second-order valence-electron chi connectivity index (χ2n) is 5.48. The van der Waals surface area contributed by atoms with Crippen LogP contribution in [0.1, 0.15) is 12.8 Å². The molecule has 1 saturated heterocycles.